The predicted octanol–water partition coefficient (Wildman–Crippen LogP) is 2.47. The highest BCUT2D eigenvalue weighted by atomic mass is 16.4. The van der Waals surface area contributed by atoms with Crippen molar-refractivity contribution in [2.24, 2.45) is 0 Å². The second-order valence-electron chi connectivity index (χ2n) is 5.96. The van der Waals surface area contributed by atoms with E-state index in [1.807, 2.05) is 37.3 Å². The van der Waals surface area contributed by atoms with E-state index in [9.17, 15) is 14.4 Å². The highest BCUT2D eigenvalue weighted by molar-refractivity contribution is 5.89. The molecular weight excluding hydrogens is 334 g/mol. The number of urea groups is 1. The van der Waals surface area contributed by atoms with Crippen LogP contribution in [0.1, 0.15) is 25.3 Å². The van der Waals surface area contributed by atoms with Crippen molar-refractivity contribution < 1.29 is 14.7 Å². The molecule has 0 spiro atoms. The van der Waals surface area contributed by atoms with Gasteiger partial charge in [0, 0.05) is 31.3 Å². The van der Waals surface area contributed by atoms with Gasteiger partial charge in [-0.25, -0.2) is 4.79 Å². The van der Waals surface area contributed by atoms with Crippen molar-refractivity contribution in [3.05, 3.63) is 64.6 Å². The summed E-state index contributed by atoms with van der Waals surface area (Å²) in [6, 6.07) is 11.8. The van der Waals surface area contributed by atoms with Gasteiger partial charge in [0.1, 0.15) is 0 Å². The summed E-state index contributed by atoms with van der Waals surface area (Å²) in [6.45, 7) is 2.35. The van der Waals surface area contributed by atoms with Gasteiger partial charge in [0.15, 0.2) is 0 Å². The Hall–Kier alpha value is -3.09. The zero-order chi connectivity index (χ0) is 18.9. The van der Waals surface area contributed by atoms with E-state index in [0.29, 0.717) is 25.1 Å². The Labute approximate surface area is 151 Å². The molecule has 0 radical (unpaired) electrons. The van der Waals surface area contributed by atoms with Crippen molar-refractivity contribution in [2.45, 2.75) is 38.8 Å². The summed E-state index contributed by atoms with van der Waals surface area (Å²) in [5.41, 5.74) is 1.38. The molecule has 0 aliphatic heterocycles. The number of aryl methyl sites for hydroxylation is 1. The van der Waals surface area contributed by atoms with Crippen molar-refractivity contribution in [1.29, 1.82) is 0 Å². The van der Waals surface area contributed by atoms with Gasteiger partial charge in [-0.3, -0.25) is 9.59 Å². The molecule has 3 N–H and O–H groups in total. The number of aromatic nitrogens is 1. The number of carbonyl (C=O) groups excluding carboxylic acids is 1. The Morgan fingerprint density at radius 1 is 1.15 bits per heavy atom. The molecule has 26 heavy (non-hydrogen) atoms. The number of amides is 2. The van der Waals surface area contributed by atoms with E-state index in [2.05, 4.69) is 10.6 Å². The third-order valence-electron chi connectivity index (χ3n) is 3.95. The lowest BCUT2D eigenvalue weighted by molar-refractivity contribution is -0.137. The normalized spacial score (nSPS) is 11.6. The number of hydrogen-bond donors (Lipinski definition) is 3. The highest BCUT2D eigenvalue weighted by Crippen LogP contribution is 2.09. The number of carboxylic acids is 1. The standard InChI is InChI=1S/C19H23N3O4/c1-2-22-13-16(8-10-17(22)23)21-19(26)20-15(9-11-18(24)25)12-14-6-4-3-5-7-14/h3-8,10,13,15H,2,9,11-12H2,1H3,(H,24,25)(H2,20,21,26). The fourth-order valence-corrected chi connectivity index (χ4v) is 2.63. The molecule has 2 aromatic rings. The maximum absolute atomic E-state index is 12.3. The first-order chi connectivity index (χ1) is 12.5. The molecule has 1 heterocycles. The van der Waals surface area contributed by atoms with E-state index in [1.165, 1.54) is 16.7 Å². The first kappa shape index (κ1) is 19.2. The van der Waals surface area contributed by atoms with Gasteiger partial charge in [0.2, 0.25) is 0 Å². The fourth-order valence-electron chi connectivity index (χ4n) is 2.63. The molecular formula is C19H23N3O4. The second kappa shape index (κ2) is 9.41. The van der Waals surface area contributed by atoms with Crippen LogP contribution in [0.25, 0.3) is 0 Å². The lowest BCUT2D eigenvalue weighted by atomic mass is 10.0. The van der Waals surface area contributed by atoms with Crippen molar-refractivity contribution in [3.8, 4) is 0 Å². The maximum atomic E-state index is 12.3. The van der Waals surface area contributed by atoms with Crippen molar-refractivity contribution >= 4 is 17.7 Å². The number of pyridine rings is 1. The maximum Gasteiger partial charge on any atom is 0.319 e. The van der Waals surface area contributed by atoms with Gasteiger partial charge in [-0.05, 0) is 31.4 Å². The summed E-state index contributed by atoms with van der Waals surface area (Å²) in [7, 11) is 0. The van der Waals surface area contributed by atoms with E-state index < -0.39 is 12.0 Å². The van der Waals surface area contributed by atoms with Crippen LogP contribution >= 0.6 is 0 Å². The number of nitrogens with zero attached hydrogens (tertiary/aromatic N) is 1. The van der Waals surface area contributed by atoms with Gasteiger partial charge in [-0.1, -0.05) is 30.3 Å². The molecule has 1 aromatic heterocycles. The molecule has 0 bridgehead atoms. The molecule has 0 aliphatic rings. The zero-order valence-electron chi connectivity index (χ0n) is 14.6. The Morgan fingerprint density at radius 2 is 1.88 bits per heavy atom. The average Bonchev–Trinajstić information content (AvgIpc) is 2.62. The molecule has 1 atom stereocenters. The quantitative estimate of drug-likeness (QED) is 0.675. The van der Waals surface area contributed by atoms with Crippen LogP contribution in [0.5, 0.6) is 0 Å². The topological polar surface area (TPSA) is 100 Å². The van der Waals surface area contributed by atoms with Crippen LogP contribution in [0.4, 0.5) is 10.5 Å². The van der Waals surface area contributed by atoms with E-state index >= 15 is 0 Å². The highest BCUT2D eigenvalue weighted by Gasteiger charge is 2.15. The van der Waals surface area contributed by atoms with Crippen LogP contribution < -0.4 is 16.2 Å². The molecule has 7 heteroatoms. The van der Waals surface area contributed by atoms with Gasteiger partial charge in [-0.15, -0.1) is 0 Å². The monoisotopic (exact) mass is 357 g/mol. The van der Waals surface area contributed by atoms with Gasteiger partial charge >= 0.3 is 12.0 Å². The molecule has 0 aliphatic carbocycles. The SMILES string of the molecule is CCn1cc(NC(=O)NC(CCC(=O)O)Cc2ccccc2)ccc1=O. The Kier molecular flexibility index (Phi) is 6.96. The minimum atomic E-state index is -0.903. The molecule has 0 saturated carbocycles. The van der Waals surface area contributed by atoms with E-state index in [-0.39, 0.29) is 18.0 Å². The summed E-state index contributed by atoms with van der Waals surface area (Å²) >= 11 is 0. The summed E-state index contributed by atoms with van der Waals surface area (Å²) < 4.78 is 1.49. The summed E-state index contributed by atoms with van der Waals surface area (Å²) in [4.78, 5) is 34.8. The number of hydrogen-bond acceptors (Lipinski definition) is 3. The van der Waals surface area contributed by atoms with Crippen molar-refractivity contribution in [1.82, 2.24) is 9.88 Å². The number of aliphatic carboxylic acids is 1. The van der Waals surface area contributed by atoms with Gasteiger partial charge in [0.25, 0.3) is 5.56 Å². The number of nitrogens with one attached hydrogen (secondary N) is 2. The largest absolute Gasteiger partial charge is 0.481 e. The lowest BCUT2D eigenvalue weighted by Gasteiger charge is -2.19. The van der Waals surface area contributed by atoms with Gasteiger partial charge in [-0.2, -0.15) is 0 Å². The third-order valence-corrected chi connectivity index (χ3v) is 3.95. The van der Waals surface area contributed by atoms with Crippen LogP contribution in [0.2, 0.25) is 0 Å². The number of carboxylic acid groups (broad SMARTS) is 1. The molecule has 1 aromatic carbocycles. The summed E-state index contributed by atoms with van der Waals surface area (Å²) in [5.74, 6) is -0.903. The summed E-state index contributed by atoms with van der Waals surface area (Å²) in [6.07, 6.45) is 2.41. The van der Waals surface area contributed by atoms with Crippen molar-refractivity contribution in [3.63, 3.8) is 0 Å². The average molecular weight is 357 g/mol. The lowest BCUT2D eigenvalue weighted by Crippen LogP contribution is -2.39. The van der Waals surface area contributed by atoms with Gasteiger partial charge < -0.3 is 20.3 Å². The number of anilines is 1. The van der Waals surface area contributed by atoms with E-state index in [0.717, 1.165) is 5.56 Å². The molecule has 7 nitrogen and oxygen atoms in total. The minimum Gasteiger partial charge on any atom is -0.481 e. The molecule has 2 amide bonds. The molecule has 0 fully saturated rings. The fraction of sp³-hybridized carbons (Fsp3) is 0.316. The number of rotatable bonds is 8. The van der Waals surface area contributed by atoms with E-state index in [4.69, 9.17) is 5.11 Å². The van der Waals surface area contributed by atoms with Crippen LogP contribution in [0.3, 0.4) is 0 Å². The molecule has 2 rings (SSSR count). The first-order valence-corrected chi connectivity index (χ1v) is 8.51. The van der Waals surface area contributed by atoms with E-state index in [1.54, 1.807) is 6.20 Å². The zero-order valence-corrected chi connectivity index (χ0v) is 14.6. The van der Waals surface area contributed by atoms with Crippen LogP contribution in [-0.4, -0.2) is 27.7 Å². The van der Waals surface area contributed by atoms with Crippen LogP contribution in [0, 0.1) is 0 Å². The summed E-state index contributed by atoms with van der Waals surface area (Å²) in [5, 5.41) is 14.4. The minimum absolute atomic E-state index is 0.0293. The first-order valence-electron chi connectivity index (χ1n) is 8.51. The third kappa shape index (κ3) is 6.08. The predicted molar refractivity (Wildman–Crippen MR) is 99.3 cm³/mol. The number of benzene rings is 1. The van der Waals surface area contributed by atoms with Crippen LogP contribution in [-0.2, 0) is 17.8 Å². The van der Waals surface area contributed by atoms with Gasteiger partial charge in [0.05, 0.1) is 5.69 Å². The van der Waals surface area contributed by atoms with Crippen molar-refractivity contribution in [2.75, 3.05) is 5.32 Å². The Morgan fingerprint density at radius 3 is 2.54 bits per heavy atom. The molecule has 0 saturated heterocycles. The smallest absolute Gasteiger partial charge is 0.319 e. The Bertz CT molecular complexity index is 802. The molecule has 1 unspecified atom stereocenters. The number of carbonyl (C=O) groups is 2. The van der Waals surface area contributed by atoms with Crippen LogP contribution in [0.15, 0.2) is 53.5 Å². The second-order valence-corrected chi connectivity index (χ2v) is 5.96. The molecule has 138 valence electrons. The Balaban J connectivity index is 2.02.